The fraction of sp³-hybridized carbons (Fsp3) is 1.00. The number of hydrogen-bond donors (Lipinski definition) is 1. The number of rotatable bonds is 3. The average Bonchev–Trinajstić information content (AvgIpc) is 2.52. The summed E-state index contributed by atoms with van der Waals surface area (Å²) >= 11 is 0. The molecule has 2 saturated heterocycles. The number of likely N-dealkylation sites (N-methyl/N-ethyl adjacent to an activating group) is 1. The molecule has 18 heavy (non-hydrogen) atoms. The number of morpholine rings is 1. The Morgan fingerprint density at radius 2 is 2.22 bits per heavy atom. The van der Waals surface area contributed by atoms with Crippen LogP contribution in [0.5, 0.6) is 0 Å². The van der Waals surface area contributed by atoms with Crippen molar-refractivity contribution in [3.8, 4) is 0 Å². The van der Waals surface area contributed by atoms with Gasteiger partial charge in [0.2, 0.25) is 0 Å². The number of nitrogens with one attached hydrogen (secondary N) is 1. The lowest BCUT2D eigenvalue weighted by molar-refractivity contribution is -0.0371. The van der Waals surface area contributed by atoms with E-state index in [2.05, 4.69) is 36.0 Å². The fourth-order valence-electron chi connectivity index (χ4n) is 2.98. The van der Waals surface area contributed by atoms with Crippen molar-refractivity contribution >= 4 is 0 Å². The molecule has 0 aromatic heterocycles. The largest absolute Gasteiger partial charge is 0.374 e. The van der Waals surface area contributed by atoms with Gasteiger partial charge in [0.15, 0.2) is 0 Å². The average molecular weight is 255 g/mol. The van der Waals surface area contributed by atoms with Crippen LogP contribution in [0.25, 0.3) is 0 Å². The van der Waals surface area contributed by atoms with Gasteiger partial charge in [-0.1, -0.05) is 6.92 Å². The SMILES string of the molecule is CCC1(C)CN(CC2CN(C)CCO2)CCCN1. The molecule has 2 aliphatic heterocycles. The third-order valence-corrected chi connectivity index (χ3v) is 4.36. The van der Waals surface area contributed by atoms with E-state index in [4.69, 9.17) is 4.74 Å². The quantitative estimate of drug-likeness (QED) is 0.806. The van der Waals surface area contributed by atoms with Crippen LogP contribution in [-0.4, -0.2) is 74.4 Å². The summed E-state index contributed by atoms with van der Waals surface area (Å²) in [6, 6.07) is 0. The van der Waals surface area contributed by atoms with Gasteiger partial charge in [-0.15, -0.1) is 0 Å². The van der Waals surface area contributed by atoms with Crippen LogP contribution in [0.2, 0.25) is 0 Å². The molecule has 0 aromatic rings. The maximum atomic E-state index is 5.89. The van der Waals surface area contributed by atoms with E-state index in [-0.39, 0.29) is 5.54 Å². The van der Waals surface area contributed by atoms with Crippen LogP contribution in [0.3, 0.4) is 0 Å². The highest BCUT2D eigenvalue weighted by molar-refractivity contribution is 4.89. The second kappa shape index (κ2) is 6.33. The minimum Gasteiger partial charge on any atom is -0.374 e. The Bertz CT molecular complexity index is 261. The second-order valence-corrected chi connectivity index (χ2v) is 6.18. The molecule has 2 atom stereocenters. The van der Waals surface area contributed by atoms with E-state index in [1.807, 2.05) is 0 Å². The van der Waals surface area contributed by atoms with Crippen LogP contribution in [0.4, 0.5) is 0 Å². The van der Waals surface area contributed by atoms with E-state index >= 15 is 0 Å². The van der Waals surface area contributed by atoms with Crippen molar-refractivity contribution in [2.24, 2.45) is 0 Å². The molecule has 0 bridgehead atoms. The maximum absolute atomic E-state index is 5.89. The first-order chi connectivity index (χ1) is 8.61. The van der Waals surface area contributed by atoms with Crippen molar-refractivity contribution in [2.45, 2.75) is 38.3 Å². The first-order valence-electron chi connectivity index (χ1n) is 7.39. The molecule has 106 valence electrons. The highest BCUT2D eigenvalue weighted by Gasteiger charge is 2.29. The lowest BCUT2D eigenvalue weighted by Gasteiger charge is -2.37. The van der Waals surface area contributed by atoms with Crippen LogP contribution in [0.15, 0.2) is 0 Å². The lowest BCUT2D eigenvalue weighted by atomic mass is 9.98. The molecule has 2 fully saturated rings. The Labute approximate surface area is 112 Å². The second-order valence-electron chi connectivity index (χ2n) is 6.18. The third kappa shape index (κ3) is 3.92. The Kier molecular flexibility index (Phi) is 5.01. The molecule has 2 unspecified atom stereocenters. The van der Waals surface area contributed by atoms with E-state index in [1.54, 1.807) is 0 Å². The van der Waals surface area contributed by atoms with Crippen LogP contribution >= 0.6 is 0 Å². The summed E-state index contributed by atoms with van der Waals surface area (Å²) in [7, 11) is 2.19. The normalized spacial score (nSPS) is 36.5. The van der Waals surface area contributed by atoms with Gasteiger partial charge in [-0.25, -0.2) is 0 Å². The molecule has 4 nitrogen and oxygen atoms in total. The number of ether oxygens (including phenoxy) is 1. The smallest absolute Gasteiger partial charge is 0.0829 e. The minimum absolute atomic E-state index is 0.275. The fourth-order valence-corrected chi connectivity index (χ4v) is 2.98. The molecule has 0 aliphatic carbocycles. The Hall–Kier alpha value is -0.160. The zero-order chi connectivity index (χ0) is 13.0. The van der Waals surface area contributed by atoms with E-state index in [0.29, 0.717) is 6.10 Å². The van der Waals surface area contributed by atoms with Gasteiger partial charge >= 0.3 is 0 Å². The van der Waals surface area contributed by atoms with Crippen molar-refractivity contribution in [3.05, 3.63) is 0 Å². The molecule has 4 heteroatoms. The predicted molar refractivity (Wildman–Crippen MR) is 75.0 cm³/mol. The molecule has 0 spiro atoms. The molecule has 0 saturated carbocycles. The van der Waals surface area contributed by atoms with Gasteiger partial charge in [0.05, 0.1) is 12.7 Å². The van der Waals surface area contributed by atoms with Crippen LogP contribution in [0, 0.1) is 0 Å². The lowest BCUT2D eigenvalue weighted by Crippen LogP contribution is -2.52. The van der Waals surface area contributed by atoms with Crippen molar-refractivity contribution in [1.82, 2.24) is 15.1 Å². The standard InChI is InChI=1S/C14H29N3O/c1-4-14(2)12-17(7-5-6-15-14)11-13-10-16(3)8-9-18-13/h13,15H,4-12H2,1-3H3. The van der Waals surface area contributed by atoms with Crippen LogP contribution < -0.4 is 5.32 Å². The van der Waals surface area contributed by atoms with Gasteiger partial charge in [0.25, 0.3) is 0 Å². The zero-order valence-corrected chi connectivity index (χ0v) is 12.2. The summed E-state index contributed by atoms with van der Waals surface area (Å²) in [5.41, 5.74) is 0.275. The Balaban J connectivity index is 1.87. The monoisotopic (exact) mass is 255 g/mol. The predicted octanol–water partition coefficient (Wildman–Crippen LogP) is 0.781. The summed E-state index contributed by atoms with van der Waals surface area (Å²) in [5, 5.41) is 3.69. The van der Waals surface area contributed by atoms with Gasteiger partial charge in [0, 0.05) is 31.7 Å². The van der Waals surface area contributed by atoms with E-state index in [9.17, 15) is 0 Å². The molecule has 1 N–H and O–H groups in total. The topological polar surface area (TPSA) is 27.7 Å². The van der Waals surface area contributed by atoms with E-state index < -0.39 is 0 Å². The van der Waals surface area contributed by atoms with E-state index in [0.717, 1.165) is 39.3 Å². The van der Waals surface area contributed by atoms with Crippen LogP contribution in [0.1, 0.15) is 26.7 Å². The van der Waals surface area contributed by atoms with Gasteiger partial charge in [-0.05, 0) is 39.9 Å². The van der Waals surface area contributed by atoms with Gasteiger partial charge < -0.3 is 15.0 Å². The third-order valence-electron chi connectivity index (χ3n) is 4.36. The molecular formula is C14H29N3O. The summed E-state index contributed by atoms with van der Waals surface area (Å²) in [6.45, 7) is 12.2. The minimum atomic E-state index is 0.275. The molecule has 0 amide bonds. The molecule has 2 rings (SSSR count). The molecule has 2 heterocycles. The first kappa shape index (κ1) is 14.3. The maximum Gasteiger partial charge on any atom is 0.0829 e. The highest BCUT2D eigenvalue weighted by atomic mass is 16.5. The molecular weight excluding hydrogens is 226 g/mol. The summed E-state index contributed by atoms with van der Waals surface area (Å²) in [4.78, 5) is 4.97. The van der Waals surface area contributed by atoms with Crippen molar-refractivity contribution < 1.29 is 4.74 Å². The first-order valence-corrected chi connectivity index (χ1v) is 7.39. The van der Waals surface area contributed by atoms with Crippen molar-refractivity contribution in [1.29, 1.82) is 0 Å². The van der Waals surface area contributed by atoms with Gasteiger partial charge in [0.1, 0.15) is 0 Å². The molecule has 0 aromatic carbocycles. The summed E-state index contributed by atoms with van der Waals surface area (Å²) in [6.07, 6.45) is 2.83. The Morgan fingerprint density at radius 3 is 2.94 bits per heavy atom. The van der Waals surface area contributed by atoms with Crippen molar-refractivity contribution in [3.63, 3.8) is 0 Å². The molecule has 0 radical (unpaired) electrons. The summed E-state index contributed by atoms with van der Waals surface area (Å²) in [5.74, 6) is 0. The highest BCUT2D eigenvalue weighted by Crippen LogP contribution is 2.16. The molecule has 2 aliphatic rings. The Morgan fingerprint density at radius 1 is 1.39 bits per heavy atom. The van der Waals surface area contributed by atoms with Crippen molar-refractivity contribution in [2.75, 3.05) is 52.9 Å². The zero-order valence-electron chi connectivity index (χ0n) is 12.2. The van der Waals surface area contributed by atoms with Crippen LogP contribution in [-0.2, 0) is 4.74 Å². The number of nitrogens with zero attached hydrogens (tertiary/aromatic N) is 2. The summed E-state index contributed by atoms with van der Waals surface area (Å²) < 4.78 is 5.89. The number of hydrogen-bond acceptors (Lipinski definition) is 4. The van der Waals surface area contributed by atoms with E-state index in [1.165, 1.54) is 19.4 Å². The van der Waals surface area contributed by atoms with Gasteiger partial charge in [-0.2, -0.15) is 0 Å². The van der Waals surface area contributed by atoms with Gasteiger partial charge in [-0.3, -0.25) is 4.90 Å².